The smallest absolute Gasteiger partial charge is 0.216 e. The van der Waals surface area contributed by atoms with Crippen LogP contribution in [0, 0.1) is 4.77 Å². The number of hydrogen-bond acceptors (Lipinski definition) is 4. The van der Waals surface area contributed by atoms with E-state index in [0.717, 1.165) is 22.5 Å². The number of rotatable bonds is 4. The molecule has 4 rings (SSSR count). The van der Waals surface area contributed by atoms with E-state index >= 15 is 0 Å². The monoisotopic (exact) mass is 346 g/mol. The van der Waals surface area contributed by atoms with E-state index in [0.29, 0.717) is 4.77 Å². The summed E-state index contributed by atoms with van der Waals surface area (Å²) in [6, 6.07) is 20.0. The lowest BCUT2D eigenvalue weighted by Crippen LogP contribution is -1.93. The van der Waals surface area contributed by atoms with Crippen LogP contribution in [0.25, 0.3) is 16.9 Å². The zero-order chi connectivity index (χ0) is 17.1. The molecule has 1 N–H and O–H groups in total. The summed E-state index contributed by atoms with van der Waals surface area (Å²) < 4.78 is 3.79. The average Bonchev–Trinajstić information content (AvgIpc) is 3.27. The number of hydrogen-bond donors (Lipinski definition) is 1. The highest BCUT2D eigenvalue weighted by atomic mass is 32.1. The maximum absolute atomic E-state index is 5.12. The van der Waals surface area contributed by atoms with Crippen molar-refractivity contribution in [2.45, 2.75) is 0 Å². The van der Waals surface area contributed by atoms with Crippen LogP contribution in [0.2, 0.25) is 0 Å². The van der Waals surface area contributed by atoms with Crippen molar-refractivity contribution in [3.63, 3.8) is 0 Å². The summed E-state index contributed by atoms with van der Waals surface area (Å²) in [4.78, 5) is 0. The first-order chi connectivity index (χ1) is 12.3. The third-order valence-electron chi connectivity index (χ3n) is 3.67. The number of H-pyrrole nitrogens is 1. The Morgan fingerprint density at radius 3 is 2.40 bits per heavy atom. The van der Waals surface area contributed by atoms with Gasteiger partial charge in [-0.15, -0.1) is 0 Å². The van der Waals surface area contributed by atoms with Gasteiger partial charge in [0, 0.05) is 17.3 Å². The summed E-state index contributed by atoms with van der Waals surface area (Å²) in [6.45, 7) is 0. The molecule has 0 bridgehead atoms. The van der Waals surface area contributed by atoms with Gasteiger partial charge in [-0.05, 0) is 24.4 Å². The molecule has 0 saturated heterocycles. The van der Waals surface area contributed by atoms with Gasteiger partial charge in [0.2, 0.25) is 4.77 Å². The Balaban J connectivity index is 1.81. The molecule has 0 aliphatic heterocycles. The molecule has 0 saturated carbocycles. The molecule has 0 fully saturated rings. The molecule has 2 aromatic heterocycles. The second kappa shape index (κ2) is 6.66. The molecule has 6 nitrogen and oxygen atoms in total. The van der Waals surface area contributed by atoms with Crippen LogP contribution in [0.3, 0.4) is 0 Å². The van der Waals surface area contributed by atoms with Crippen molar-refractivity contribution in [3.05, 3.63) is 83.5 Å². The van der Waals surface area contributed by atoms with Gasteiger partial charge in [0.25, 0.3) is 0 Å². The molecule has 0 aliphatic rings. The zero-order valence-corrected chi connectivity index (χ0v) is 14.0. The average molecular weight is 346 g/mol. The van der Waals surface area contributed by atoms with E-state index in [1.807, 2.05) is 71.5 Å². The normalized spacial score (nSPS) is 11.2. The fourth-order valence-corrected chi connectivity index (χ4v) is 2.61. The maximum atomic E-state index is 5.12. The van der Waals surface area contributed by atoms with Crippen LogP contribution < -0.4 is 0 Å². The minimum Gasteiger partial charge on any atom is -0.250 e. The largest absolute Gasteiger partial charge is 0.250 e. The zero-order valence-electron chi connectivity index (χ0n) is 13.1. The fraction of sp³-hybridized carbons (Fsp3) is 0. The lowest BCUT2D eigenvalue weighted by Gasteiger charge is -2.00. The molecule has 2 aromatic carbocycles. The minimum atomic E-state index is 0.438. The molecule has 122 valence electrons. The van der Waals surface area contributed by atoms with Crippen molar-refractivity contribution in [2.24, 2.45) is 5.10 Å². The van der Waals surface area contributed by atoms with Crippen LogP contribution in [0.4, 0.5) is 0 Å². The second-order valence-corrected chi connectivity index (χ2v) is 5.72. The summed E-state index contributed by atoms with van der Waals surface area (Å²) in [6.07, 6.45) is 5.22. The Morgan fingerprint density at radius 2 is 1.72 bits per heavy atom. The van der Waals surface area contributed by atoms with E-state index in [9.17, 15) is 0 Å². The Hall–Kier alpha value is -3.32. The van der Waals surface area contributed by atoms with Crippen LogP contribution >= 0.6 is 12.2 Å². The standard InChI is InChI=1S/C18H14N6S/c25-18-21-19-13-24(18)20-11-15-12-23(16-9-5-2-6-10-16)22-17(15)14-7-3-1-4-8-14/h1-13H,(H,21,25)/b20-11-. The lowest BCUT2D eigenvalue weighted by atomic mass is 10.1. The molecule has 2 heterocycles. The van der Waals surface area contributed by atoms with Crippen LogP contribution in [0.15, 0.2) is 78.3 Å². The number of para-hydroxylation sites is 1. The second-order valence-electron chi connectivity index (χ2n) is 5.33. The van der Waals surface area contributed by atoms with Crippen molar-refractivity contribution in [3.8, 4) is 16.9 Å². The Morgan fingerprint density at radius 1 is 1.00 bits per heavy atom. The molecule has 7 heteroatoms. The first-order valence-electron chi connectivity index (χ1n) is 7.68. The van der Waals surface area contributed by atoms with Crippen LogP contribution in [0.1, 0.15) is 5.56 Å². The summed E-state index contributed by atoms with van der Waals surface area (Å²) >= 11 is 5.12. The molecule has 0 radical (unpaired) electrons. The van der Waals surface area contributed by atoms with Crippen LogP contribution in [0.5, 0.6) is 0 Å². The highest BCUT2D eigenvalue weighted by Gasteiger charge is 2.10. The molecule has 0 atom stereocenters. The summed E-state index contributed by atoms with van der Waals surface area (Å²) in [5, 5.41) is 15.7. The molecule has 25 heavy (non-hydrogen) atoms. The van der Waals surface area contributed by atoms with Gasteiger partial charge in [-0.25, -0.2) is 4.68 Å². The third-order valence-corrected chi connectivity index (χ3v) is 3.95. The van der Waals surface area contributed by atoms with Gasteiger partial charge >= 0.3 is 0 Å². The molecule has 0 unspecified atom stereocenters. The van der Waals surface area contributed by atoms with Crippen molar-refractivity contribution in [1.82, 2.24) is 24.7 Å². The van der Waals surface area contributed by atoms with Gasteiger partial charge in [0.1, 0.15) is 12.0 Å². The molecule has 0 spiro atoms. The summed E-state index contributed by atoms with van der Waals surface area (Å²) in [7, 11) is 0. The van der Waals surface area contributed by atoms with Gasteiger partial charge in [-0.2, -0.15) is 20.0 Å². The number of nitrogens with one attached hydrogen (secondary N) is 1. The van der Waals surface area contributed by atoms with Crippen molar-refractivity contribution >= 4 is 18.4 Å². The van der Waals surface area contributed by atoms with Gasteiger partial charge in [-0.3, -0.25) is 5.10 Å². The van der Waals surface area contributed by atoms with Crippen molar-refractivity contribution < 1.29 is 0 Å². The van der Waals surface area contributed by atoms with Gasteiger partial charge in [0.05, 0.1) is 11.9 Å². The topological polar surface area (TPSA) is 63.8 Å². The highest BCUT2D eigenvalue weighted by molar-refractivity contribution is 7.71. The molecule has 0 aliphatic carbocycles. The highest BCUT2D eigenvalue weighted by Crippen LogP contribution is 2.22. The van der Waals surface area contributed by atoms with E-state index < -0.39 is 0 Å². The van der Waals surface area contributed by atoms with Gasteiger partial charge < -0.3 is 0 Å². The number of benzene rings is 2. The van der Waals surface area contributed by atoms with Gasteiger partial charge in [0.15, 0.2) is 0 Å². The molecular formula is C18H14N6S. The number of aromatic nitrogens is 5. The first kappa shape index (κ1) is 15.2. The SMILES string of the molecule is S=c1[nH]ncn1/N=C\c1cn(-c2ccccc2)nc1-c1ccccc1. The predicted octanol–water partition coefficient (Wildman–Crippen LogP) is 3.68. The predicted molar refractivity (Wildman–Crippen MR) is 99.4 cm³/mol. The van der Waals surface area contributed by atoms with Crippen molar-refractivity contribution in [1.29, 1.82) is 0 Å². The van der Waals surface area contributed by atoms with Crippen LogP contribution in [-0.4, -0.2) is 30.9 Å². The molecule has 0 amide bonds. The molecular weight excluding hydrogens is 332 g/mol. The van der Waals surface area contributed by atoms with Crippen molar-refractivity contribution in [2.75, 3.05) is 0 Å². The maximum Gasteiger partial charge on any atom is 0.216 e. The quantitative estimate of drug-likeness (QED) is 0.453. The van der Waals surface area contributed by atoms with Gasteiger partial charge in [-0.1, -0.05) is 48.5 Å². The van der Waals surface area contributed by atoms with E-state index in [2.05, 4.69) is 15.3 Å². The number of nitrogens with zero attached hydrogens (tertiary/aromatic N) is 5. The lowest BCUT2D eigenvalue weighted by molar-refractivity contribution is 0.862. The van der Waals surface area contributed by atoms with Crippen LogP contribution in [-0.2, 0) is 0 Å². The van der Waals surface area contributed by atoms with E-state index in [-0.39, 0.29) is 0 Å². The molecule has 4 aromatic rings. The first-order valence-corrected chi connectivity index (χ1v) is 8.09. The third kappa shape index (κ3) is 3.17. The fourth-order valence-electron chi connectivity index (χ4n) is 2.46. The summed E-state index contributed by atoms with van der Waals surface area (Å²) in [5.74, 6) is 0. The minimum absolute atomic E-state index is 0.438. The number of aromatic amines is 1. The Kier molecular flexibility index (Phi) is 4.05. The van der Waals surface area contributed by atoms with E-state index in [4.69, 9.17) is 17.3 Å². The summed E-state index contributed by atoms with van der Waals surface area (Å²) in [5.41, 5.74) is 3.75. The Labute approximate surface area is 149 Å². The Bertz CT molecular complexity index is 1060. The van der Waals surface area contributed by atoms with E-state index in [1.165, 1.54) is 11.0 Å². The van der Waals surface area contributed by atoms with E-state index in [1.54, 1.807) is 6.21 Å².